The maximum absolute atomic E-state index is 13.3. The summed E-state index contributed by atoms with van der Waals surface area (Å²) in [6.07, 6.45) is 4.19. The lowest BCUT2D eigenvalue weighted by Crippen LogP contribution is -2.45. The first kappa shape index (κ1) is 22.9. The van der Waals surface area contributed by atoms with Crippen molar-refractivity contribution < 1.29 is 22.4 Å². The van der Waals surface area contributed by atoms with Crippen LogP contribution in [0.25, 0.3) is 0 Å². The van der Waals surface area contributed by atoms with E-state index in [9.17, 15) is 22.4 Å². The molecule has 0 spiro atoms. The van der Waals surface area contributed by atoms with Crippen molar-refractivity contribution in [2.75, 3.05) is 17.2 Å². The maximum Gasteiger partial charge on any atom is 0.243 e. The monoisotopic (exact) mass is 447 g/mol. The Balaban J connectivity index is 1.77. The molecule has 0 unspecified atom stereocenters. The van der Waals surface area contributed by atoms with Crippen molar-refractivity contribution in [1.29, 1.82) is 0 Å². The van der Waals surface area contributed by atoms with Gasteiger partial charge in [0.05, 0.1) is 11.4 Å². The van der Waals surface area contributed by atoms with Gasteiger partial charge in [0.1, 0.15) is 5.82 Å². The normalized spacial score (nSPS) is 14.9. The molecule has 0 aromatic heterocycles. The smallest absolute Gasteiger partial charge is 0.243 e. The second-order valence-corrected chi connectivity index (χ2v) is 9.49. The van der Waals surface area contributed by atoms with Crippen LogP contribution in [-0.2, 0) is 19.6 Å². The fraction of sp³-hybridized carbons (Fsp3) is 0.364. The molecule has 31 heavy (non-hydrogen) atoms. The van der Waals surface area contributed by atoms with E-state index in [4.69, 9.17) is 0 Å². The van der Waals surface area contributed by atoms with Gasteiger partial charge in [0.25, 0.3) is 0 Å². The summed E-state index contributed by atoms with van der Waals surface area (Å²) in [6, 6.07) is 10.9. The summed E-state index contributed by atoms with van der Waals surface area (Å²) < 4.78 is 41.0. The number of sulfonamides is 1. The molecule has 0 radical (unpaired) electrons. The van der Waals surface area contributed by atoms with Gasteiger partial charge in [-0.2, -0.15) is 4.31 Å². The van der Waals surface area contributed by atoms with E-state index in [1.54, 1.807) is 24.3 Å². The lowest BCUT2D eigenvalue weighted by atomic mass is 9.95. The number of benzene rings is 2. The third kappa shape index (κ3) is 6.11. The standard InChI is InChI=1S/C22H26FN3O4S/c1-16(27)24-18-9-11-19(12-10-18)25-22(28)15-26(20-5-3-2-4-6-20)31(29,30)21-13-7-17(23)8-14-21/h7-14,20H,2-6,15H2,1H3,(H,24,27)(H,25,28). The third-order valence-corrected chi connectivity index (χ3v) is 7.10. The van der Waals surface area contributed by atoms with Crippen molar-refractivity contribution in [3.05, 3.63) is 54.3 Å². The molecule has 1 saturated carbocycles. The Morgan fingerprint density at radius 2 is 1.48 bits per heavy atom. The molecule has 2 aromatic rings. The van der Waals surface area contributed by atoms with E-state index in [0.717, 1.165) is 31.4 Å². The Hall–Kier alpha value is -2.78. The number of carbonyl (C=O) groups excluding carboxylic acids is 2. The Kier molecular flexibility index (Phi) is 7.40. The quantitative estimate of drug-likeness (QED) is 0.676. The van der Waals surface area contributed by atoms with E-state index in [0.29, 0.717) is 24.2 Å². The Labute approximate surface area is 181 Å². The lowest BCUT2D eigenvalue weighted by molar-refractivity contribution is -0.117. The van der Waals surface area contributed by atoms with Crippen LogP contribution in [0.3, 0.4) is 0 Å². The van der Waals surface area contributed by atoms with Crippen molar-refractivity contribution in [3.8, 4) is 0 Å². The molecule has 0 bridgehead atoms. The van der Waals surface area contributed by atoms with Crippen LogP contribution >= 0.6 is 0 Å². The zero-order chi connectivity index (χ0) is 22.4. The molecule has 7 nitrogen and oxygen atoms in total. The second kappa shape index (κ2) is 10.0. The van der Waals surface area contributed by atoms with Crippen LogP contribution in [0, 0.1) is 5.82 Å². The van der Waals surface area contributed by atoms with E-state index < -0.39 is 21.7 Å². The predicted molar refractivity (Wildman–Crippen MR) is 117 cm³/mol. The van der Waals surface area contributed by atoms with Crippen LogP contribution in [0.1, 0.15) is 39.0 Å². The molecule has 9 heteroatoms. The summed E-state index contributed by atoms with van der Waals surface area (Å²) in [5.41, 5.74) is 1.08. The molecular formula is C22H26FN3O4S. The van der Waals surface area contributed by atoms with E-state index in [1.165, 1.54) is 23.4 Å². The van der Waals surface area contributed by atoms with Gasteiger partial charge in [0, 0.05) is 24.3 Å². The maximum atomic E-state index is 13.3. The highest BCUT2D eigenvalue weighted by molar-refractivity contribution is 7.89. The zero-order valence-electron chi connectivity index (χ0n) is 17.3. The molecule has 1 aliphatic rings. The van der Waals surface area contributed by atoms with E-state index in [-0.39, 0.29) is 23.4 Å². The average molecular weight is 448 g/mol. The summed E-state index contributed by atoms with van der Waals surface area (Å²) in [7, 11) is -3.97. The first-order valence-electron chi connectivity index (χ1n) is 10.2. The molecule has 0 aliphatic heterocycles. The van der Waals surface area contributed by atoms with Crippen molar-refractivity contribution in [1.82, 2.24) is 4.31 Å². The van der Waals surface area contributed by atoms with Gasteiger partial charge in [-0.05, 0) is 61.4 Å². The molecule has 1 aliphatic carbocycles. The summed E-state index contributed by atoms with van der Waals surface area (Å²) in [5.74, 6) is -1.20. The van der Waals surface area contributed by atoms with Crippen molar-refractivity contribution in [3.63, 3.8) is 0 Å². The number of anilines is 2. The van der Waals surface area contributed by atoms with Gasteiger partial charge in [0.15, 0.2) is 0 Å². The molecule has 0 heterocycles. The first-order chi connectivity index (χ1) is 14.8. The molecular weight excluding hydrogens is 421 g/mol. The lowest BCUT2D eigenvalue weighted by Gasteiger charge is -2.33. The number of halogens is 1. The Morgan fingerprint density at radius 1 is 0.935 bits per heavy atom. The Morgan fingerprint density at radius 3 is 2.03 bits per heavy atom. The van der Waals surface area contributed by atoms with Crippen LogP contribution in [0.5, 0.6) is 0 Å². The zero-order valence-corrected chi connectivity index (χ0v) is 18.1. The predicted octanol–water partition coefficient (Wildman–Crippen LogP) is 3.75. The Bertz CT molecular complexity index is 1020. The molecule has 3 rings (SSSR count). The van der Waals surface area contributed by atoms with Crippen molar-refractivity contribution in [2.45, 2.75) is 50.0 Å². The first-order valence-corrected chi connectivity index (χ1v) is 11.6. The summed E-state index contributed by atoms with van der Waals surface area (Å²) in [6.45, 7) is 1.06. The number of carbonyl (C=O) groups is 2. The van der Waals surface area contributed by atoms with Gasteiger partial charge < -0.3 is 10.6 Å². The van der Waals surface area contributed by atoms with E-state index in [2.05, 4.69) is 10.6 Å². The van der Waals surface area contributed by atoms with Gasteiger partial charge in [-0.15, -0.1) is 0 Å². The molecule has 1 fully saturated rings. The molecule has 0 saturated heterocycles. The number of hydrogen-bond acceptors (Lipinski definition) is 4. The molecule has 0 atom stereocenters. The van der Waals surface area contributed by atoms with Crippen molar-refractivity contribution in [2.24, 2.45) is 0 Å². The van der Waals surface area contributed by atoms with Crippen LogP contribution in [0.15, 0.2) is 53.4 Å². The SMILES string of the molecule is CC(=O)Nc1ccc(NC(=O)CN(C2CCCCC2)S(=O)(=O)c2ccc(F)cc2)cc1. The highest BCUT2D eigenvalue weighted by Gasteiger charge is 2.34. The number of nitrogens with one attached hydrogen (secondary N) is 2. The van der Waals surface area contributed by atoms with Crippen LogP contribution in [-0.4, -0.2) is 37.1 Å². The number of hydrogen-bond donors (Lipinski definition) is 2. The largest absolute Gasteiger partial charge is 0.326 e. The molecule has 2 aromatic carbocycles. The van der Waals surface area contributed by atoms with Gasteiger partial charge in [-0.3, -0.25) is 9.59 Å². The molecule has 2 amide bonds. The van der Waals surface area contributed by atoms with E-state index in [1.807, 2.05) is 0 Å². The number of nitrogens with zero attached hydrogens (tertiary/aromatic N) is 1. The highest BCUT2D eigenvalue weighted by atomic mass is 32.2. The summed E-state index contributed by atoms with van der Waals surface area (Å²) >= 11 is 0. The number of rotatable bonds is 7. The second-order valence-electron chi connectivity index (χ2n) is 7.60. The summed E-state index contributed by atoms with van der Waals surface area (Å²) in [4.78, 5) is 23.8. The van der Waals surface area contributed by atoms with Crippen molar-refractivity contribution >= 4 is 33.2 Å². The minimum absolute atomic E-state index is 0.0352. The minimum Gasteiger partial charge on any atom is -0.326 e. The fourth-order valence-electron chi connectivity index (χ4n) is 3.70. The fourth-order valence-corrected chi connectivity index (χ4v) is 5.34. The van der Waals surface area contributed by atoms with Gasteiger partial charge in [-0.25, -0.2) is 12.8 Å². The average Bonchev–Trinajstić information content (AvgIpc) is 2.74. The van der Waals surface area contributed by atoms with Gasteiger partial charge in [0.2, 0.25) is 21.8 Å². The third-order valence-electron chi connectivity index (χ3n) is 5.19. The minimum atomic E-state index is -3.97. The molecule has 2 N–H and O–H groups in total. The van der Waals surface area contributed by atoms with Crippen LogP contribution < -0.4 is 10.6 Å². The topological polar surface area (TPSA) is 95.6 Å². The number of amides is 2. The van der Waals surface area contributed by atoms with Gasteiger partial charge in [-0.1, -0.05) is 19.3 Å². The highest BCUT2D eigenvalue weighted by Crippen LogP contribution is 2.28. The van der Waals surface area contributed by atoms with Gasteiger partial charge >= 0.3 is 0 Å². The van der Waals surface area contributed by atoms with Crippen LogP contribution in [0.4, 0.5) is 15.8 Å². The van der Waals surface area contributed by atoms with E-state index >= 15 is 0 Å². The molecule has 166 valence electrons. The summed E-state index contributed by atoms with van der Waals surface area (Å²) in [5, 5.41) is 5.34. The van der Waals surface area contributed by atoms with Crippen LogP contribution in [0.2, 0.25) is 0 Å².